The fourth-order valence-corrected chi connectivity index (χ4v) is 2.00. The fraction of sp³-hybridized carbons (Fsp3) is 0.429. The van der Waals surface area contributed by atoms with E-state index in [1.165, 1.54) is 24.0 Å². The van der Waals surface area contributed by atoms with Gasteiger partial charge in [0.05, 0.1) is 0 Å². The van der Waals surface area contributed by atoms with E-state index in [9.17, 15) is 0 Å². The maximum absolute atomic E-state index is 2.37. The molecule has 0 aromatic heterocycles. The molecule has 1 saturated carbocycles. The van der Waals surface area contributed by atoms with Crippen molar-refractivity contribution in [1.82, 2.24) is 0 Å². The van der Waals surface area contributed by atoms with Crippen LogP contribution in [0, 0.1) is 5.92 Å². The zero-order valence-corrected chi connectivity index (χ0v) is 9.03. The Morgan fingerprint density at radius 2 is 2.00 bits per heavy atom. The van der Waals surface area contributed by atoms with Crippen LogP contribution in [0.1, 0.15) is 38.2 Å². The molecule has 0 radical (unpaired) electrons. The van der Waals surface area contributed by atoms with Gasteiger partial charge in [-0.05, 0) is 44.1 Å². The molecule has 0 bridgehead atoms. The van der Waals surface area contributed by atoms with Crippen molar-refractivity contribution < 1.29 is 0 Å². The van der Waals surface area contributed by atoms with Crippen molar-refractivity contribution in [2.45, 2.75) is 32.6 Å². The molecule has 0 amide bonds. The van der Waals surface area contributed by atoms with Gasteiger partial charge in [0, 0.05) is 0 Å². The number of allylic oxidation sites excluding steroid dienone is 2. The molecule has 1 aliphatic carbocycles. The van der Waals surface area contributed by atoms with Crippen LogP contribution < -0.4 is 0 Å². The van der Waals surface area contributed by atoms with Crippen molar-refractivity contribution in [1.29, 1.82) is 0 Å². The molecule has 1 aliphatic rings. The predicted molar refractivity (Wildman–Crippen MR) is 61.3 cm³/mol. The third-order valence-electron chi connectivity index (χ3n) is 2.98. The van der Waals surface area contributed by atoms with E-state index in [1.807, 2.05) is 0 Å². The van der Waals surface area contributed by atoms with Gasteiger partial charge in [-0.2, -0.15) is 0 Å². The zero-order chi connectivity index (χ0) is 9.97. The Hall–Kier alpha value is -1.04. The van der Waals surface area contributed by atoms with E-state index in [2.05, 4.69) is 50.3 Å². The van der Waals surface area contributed by atoms with Crippen molar-refractivity contribution in [3.8, 4) is 0 Å². The lowest BCUT2D eigenvalue weighted by molar-refractivity contribution is 0.814. The lowest BCUT2D eigenvalue weighted by Gasteiger charge is -1.97. The first-order valence-corrected chi connectivity index (χ1v) is 5.45. The van der Waals surface area contributed by atoms with Crippen LogP contribution in [0.4, 0.5) is 0 Å². The lowest BCUT2D eigenvalue weighted by atomic mass is 10.1. The number of rotatable bonds is 3. The SMILES string of the molecule is CC(C)=CCC1CC1c1ccccc1. The van der Waals surface area contributed by atoms with E-state index in [0.29, 0.717) is 0 Å². The minimum absolute atomic E-state index is 0.840. The summed E-state index contributed by atoms with van der Waals surface area (Å²) >= 11 is 0. The number of hydrogen-bond donors (Lipinski definition) is 0. The summed E-state index contributed by atoms with van der Waals surface area (Å²) in [6, 6.07) is 10.9. The van der Waals surface area contributed by atoms with Crippen LogP contribution in [-0.2, 0) is 0 Å². The van der Waals surface area contributed by atoms with Crippen LogP contribution in [0.25, 0.3) is 0 Å². The van der Waals surface area contributed by atoms with Gasteiger partial charge in [-0.25, -0.2) is 0 Å². The van der Waals surface area contributed by atoms with Crippen molar-refractivity contribution in [2.75, 3.05) is 0 Å². The van der Waals surface area contributed by atoms with Gasteiger partial charge < -0.3 is 0 Å². The third-order valence-corrected chi connectivity index (χ3v) is 2.98. The minimum Gasteiger partial charge on any atom is -0.0856 e. The normalized spacial score (nSPS) is 24.4. The second-order valence-corrected chi connectivity index (χ2v) is 4.53. The summed E-state index contributed by atoms with van der Waals surface area (Å²) in [5.74, 6) is 1.75. The molecular weight excluding hydrogens is 168 g/mol. The smallest absolute Gasteiger partial charge is 0.0127 e. The van der Waals surface area contributed by atoms with Gasteiger partial charge >= 0.3 is 0 Å². The van der Waals surface area contributed by atoms with Crippen LogP contribution in [0.15, 0.2) is 42.0 Å². The first-order chi connectivity index (χ1) is 6.77. The van der Waals surface area contributed by atoms with Crippen LogP contribution in [0.5, 0.6) is 0 Å². The van der Waals surface area contributed by atoms with Crippen LogP contribution in [-0.4, -0.2) is 0 Å². The Bertz CT molecular complexity index is 317. The Morgan fingerprint density at radius 1 is 1.29 bits per heavy atom. The van der Waals surface area contributed by atoms with E-state index in [1.54, 1.807) is 0 Å². The minimum atomic E-state index is 0.840. The van der Waals surface area contributed by atoms with Gasteiger partial charge in [-0.3, -0.25) is 0 Å². The van der Waals surface area contributed by atoms with E-state index in [0.717, 1.165) is 11.8 Å². The molecule has 2 unspecified atom stereocenters. The molecule has 74 valence electrons. The zero-order valence-electron chi connectivity index (χ0n) is 9.03. The van der Waals surface area contributed by atoms with Crippen molar-refractivity contribution in [2.24, 2.45) is 5.92 Å². The molecule has 0 N–H and O–H groups in total. The van der Waals surface area contributed by atoms with Gasteiger partial charge in [0.15, 0.2) is 0 Å². The number of hydrogen-bond acceptors (Lipinski definition) is 0. The Balaban J connectivity index is 1.91. The Morgan fingerprint density at radius 3 is 2.64 bits per heavy atom. The summed E-state index contributed by atoms with van der Waals surface area (Å²) in [7, 11) is 0. The largest absolute Gasteiger partial charge is 0.0856 e. The van der Waals surface area contributed by atoms with E-state index in [4.69, 9.17) is 0 Å². The summed E-state index contributed by atoms with van der Waals surface area (Å²) < 4.78 is 0. The van der Waals surface area contributed by atoms with E-state index < -0.39 is 0 Å². The average molecular weight is 186 g/mol. The topological polar surface area (TPSA) is 0 Å². The van der Waals surface area contributed by atoms with Gasteiger partial charge in [0.2, 0.25) is 0 Å². The highest BCUT2D eigenvalue weighted by molar-refractivity contribution is 5.26. The summed E-state index contributed by atoms with van der Waals surface area (Å²) in [5.41, 5.74) is 2.98. The summed E-state index contributed by atoms with van der Waals surface area (Å²) in [6.07, 6.45) is 5.02. The highest BCUT2D eigenvalue weighted by Gasteiger charge is 2.36. The predicted octanol–water partition coefficient (Wildman–Crippen LogP) is 4.15. The molecule has 0 aliphatic heterocycles. The summed E-state index contributed by atoms with van der Waals surface area (Å²) in [4.78, 5) is 0. The molecule has 2 atom stereocenters. The van der Waals surface area contributed by atoms with Gasteiger partial charge in [0.1, 0.15) is 0 Å². The molecule has 1 aromatic carbocycles. The average Bonchev–Trinajstić information content (AvgIpc) is 2.95. The fourth-order valence-electron chi connectivity index (χ4n) is 2.00. The standard InChI is InChI=1S/C14H18/c1-11(2)8-9-13-10-14(13)12-6-4-3-5-7-12/h3-8,13-14H,9-10H2,1-2H3. The lowest BCUT2D eigenvalue weighted by Crippen LogP contribution is -1.82. The monoisotopic (exact) mass is 186 g/mol. The maximum Gasteiger partial charge on any atom is -0.0127 e. The molecule has 1 fully saturated rings. The van der Waals surface area contributed by atoms with Gasteiger partial charge in [-0.1, -0.05) is 42.0 Å². The summed E-state index contributed by atoms with van der Waals surface area (Å²) in [5, 5.41) is 0. The first-order valence-electron chi connectivity index (χ1n) is 5.45. The Labute approximate surface area is 86.7 Å². The maximum atomic E-state index is 2.37. The van der Waals surface area contributed by atoms with Crippen LogP contribution in [0.3, 0.4) is 0 Å². The van der Waals surface area contributed by atoms with Crippen molar-refractivity contribution in [3.05, 3.63) is 47.5 Å². The van der Waals surface area contributed by atoms with E-state index in [-0.39, 0.29) is 0 Å². The second-order valence-electron chi connectivity index (χ2n) is 4.53. The molecule has 0 heterocycles. The highest BCUT2D eigenvalue weighted by Crippen LogP contribution is 2.49. The van der Waals surface area contributed by atoms with Crippen molar-refractivity contribution in [3.63, 3.8) is 0 Å². The third kappa shape index (κ3) is 2.25. The molecule has 0 spiro atoms. The molecule has 0 saturated heterocycles. The molecule has 0 nitrogen and oxygen atoms in total. The van der Waals surface area contributed by atoms with Crippen molar-refractivity contribution >= 4 is 0 Å². The van der Waals surface area contributed by atoms with Gasteiger partial charge in [0.25, 0.3) is 0 Å². The molecule has 0 heteroatoms. The molecule has 2 rings (SSSR count). The van der Waals surface area contributed by atoms with E-state index >= 15 is 0 Å². The molecule has 14 heavy (non-hydrogen) atoms. The highest BCUT2D eigenvalue weighted by atomic mass is 14.4. The molecular formula is C14H18. The van der Waals surface area contributed by atoms with Gasteiger partial charge in [-0.15, -0.1) is 0 Å². The quantitative estimate of drug-likeness (QED) is 0.622. The second kappa shape index (κ2) is 4.00. The van der Waals surface area contributed by atoms with Crippen LogP contribution in [0.2, 0.25) is 0 Å². The Kier molecular flexibility index (Phi) is 2.72. The first kappa shape index (κ1) is 9.51. The van der Waals surface area contributed by atoms with Crippen LogP contribution >= 0.6 is 0 Å². The molecule has 1 aromatic rings. The number of benzene rings is 1. The summed E-state index contributed by atoms with van der Waals surface area (Å²) in [6.45, 7) is 4.36.